The summed E-state index contributed by atoms with van der Waals surface area (Å²) >= 11 is 0. The Morgan fingerprint density at radius 2 is 1.49 bits per heavy atom. The van der Waals surface area contributed by atoms with Crippen molar-refractivity contribution in [2.24, 2.45) is 16.5 Å². The first-order chi connectivity index (χ1) is 19.4. The fraction of sp³-hybridized carbons (Fsp3) is 0.417. The number of carbonyl (C=O) groups is 7. The van der Waals surface area contributed by atoms with Gasteiger partial charge >= 0.3 is 5.97 Å². The summed E-state index contributed by atoms with van der Waals surface area (Å²) in [6, 6.07) is 3.14. The van der Waals surface area contributed by atoms with E-state index >= 15 is 0 Å². The molecule has 222 valence electrons. The molecule has 0 saturated carbocycles. The number of amides is 6. The highest BCUT2D eigenvalue weighted by atomic mass is 16.5. The number of nitrogens with one attached hydrogen (secondary N) is 6. The molecule has 0 fully saturated rings. The van der Waals surface area contributed by atoms with Crippen molar-refractivity contribution in [2.45, 2.75) is 32.4 Å². The van der Waals surface area contributed by atoms with Gasteiger partial charge in [0.25, 0.3) is 5.91 Å². The van der Waals surface area contributed by atoms with Gasteiger partial charge in [-0.2, -0.15) is 0 Å². The summed E-state index contributed by atoms with van der Waals surface area (Å²) in [4.78, 5) is 89.8. The summed E-state index contributed by atoms with van der Waals surface area (Å²) in [5.41, 5.74) is 11.1. The molecule has 1 atom stereocenters. The second-order valence-corrected chi connectivity index (χ2v) is 8.72. The van der Waals surface area contributed by atoms with Crippen LogP contribution in [-0.4, -0.2) is 86.1 Å². The molecular formula is C24H33N9O8. The summed E-state index contributed by atoms with van der Waals surface area (Å²) in [5.74, 6) is -4.85. The van der Waals surface area contributed by atoms with Gasteiger partial charge in [-0.3, -0.25) is 38.6 Å². The topological polar surface area (TPSA) is 265 Å². The predicted octanol–water partition coefficient (Wildman–Crippen LogP) is -3.68. The second kappa shape index (κ2) is 16.0. The quantitative estimate of drug-likeness (QED) is 0.0712. The molecule has 0 saturated heterocycles. The van der Waals surface area contributed by atoms with E-state index in [0.717, 1.165) is 0 Å². The predicted molar refractivity (Wildman–Crippen MR) is 144 cm³/mol. The van der Waals surface area contributed by atoms with Crippen LogP contribution < -0.4 is 43.4 Å². The van der Waals surface area contributed by atoms with Gasteiger partial charge in [-0.15, -0.1) is 0 Å². The summed E-state index contributed by atoms with van der Waals surface area (Å²) < 4.78 is 5.00. The van der Waals surface area contributed by atoms with Crippen LogP contribution >= 0.6 is 0 Å². The fourth-order valence-corrected chi connectivity index (χ4v) is 3.40. The van der Waals surface area contributed by atoms with Gasteiger partial charge in [-0.1, -0.05) is 6.07 Å². The lowest BCUT2D eigenvalue weighted by Gasteiger charge is -2.19. The number of benzene rings is 1. The molecule has 0 aliphatic carbocycles. The van der Waals surface area contributed by atoms with Crippen LogP contribution in [-0.2, 0) is 40.1 Å². The molecule has 17 heteroatoms. The first kappa shape index (κ1) is 32.0. The van der Waals surface area contributed by atoms with Crippen LogP contribution in [0.5, 0.6) is 0 Å². The molecule has 0 radical (unpaired) electrons. The minimum absolute atomic E-state index is 0.0000493. The largest absolute Gasteiger partial charge is 0.461 e. The fourth-order valence-electron chi connectivity index (χ4n) is 3.40. The third-order valence-electron chi connectivity index (χ3n) is 5.40. The number of anilines is 1. The van der Waals surface area contributed by atoms with Gasteiger partial charge < -0.3 is 48.1 Å². The molecule has 0 spiro atoms. The van der Waals surface area contributed by atoms with Gasteiger partial charge in [0.05, 0.1) is 26.2 Å². The maximum atomic E-state index is 13.1. The molecular weight excluding hydrogens is 542 g/mol. The first-order valence-corrected chi connectivity index (χ1v) is 12.4. The monoisotopic (exact) mass is 575 g/mol. The Hall–Kier alpha value is -5.22. The number of hydrogen-bond donors (Lipinski definition) is 8. The number of rotatable bonds is 6. The third-order valence-corrected chi connectivity index (χ3v) is 5.40. The highest BCUT2D eigenvalue weighted by Gasteiger charge is 2.22. The zero-order valence-electron chi connectivity index (χ0n) is 22.3. The van der Waals surface area contributed by atoms with Crippen molar-refractivity contribution in [3.8, 4) is 0 Å². The Bertz CT molecular complexity index is 1210. The van der Waals surface area contributed by atoms with Gasteiger partial charge in [0, 0.05) is 30.3 Å². The lowest BCUT2D eigenvalue weighted by atomic mass is 10.1. The molecule has 0 aromatic heterocycles. The highest BCUT2D eigenvalue weighted by molar-refractivity contribution is 6.02. The van der Waals surface area contributed by atoms with E-state index in [9.17, 15) is 33.6 Å². The maximum Gasteiger partial charge on any atom is 0.302 e. The number of nitrogens with two attached hydrogens (primary N) is 2. The minimum Gasteiger partial charge on any atom is -0.461 e. The molecule has 1 aliphatic heterocycles. The highest BCUT2D eigenvalue weighted by Crippen LogP contribution is 2.18. The first-order valence-electron chi connectivity index (χ1n) is 12.4. The summed E-state index contributed by atoms with van der Waals surface area (Å²) in [6.07, 6.45) is 0.428. The summed E-state index contributed by atoms with van der Waals surface area (Å²) in [5, 5.41) is 14.4. The number of fused-ring (bicyclic) bond motifs is 2. The Balaban J connectivity index is 2.34. The number of hydrogen-bond acceptors (Lipinski definition) is 9. The molecule has 0 unspecified atom stereocenters. The summed E-state index contributed by atoms with van der Waals surface area (Å²) in [7, 11) is 0. The van der Waals surface area contributed by atoms with Crippen LogP contribution in [0.3, 0.4) is 0 Å². The van der Waals surface area contributed by atoms with E-state index in [0.29, 0.717) is 6.42 Å². The maximum absolute atomic E-state index is 13.1. The number of ether oxygens (including phenoxy) is 1. The molecule has 10 N–H and O–H groups in total. The normalized spacial score (nSPS) is 17.4. The van der Waals surface area contributed by atoms with Crippen molar-refractivity contribution in [2.75, 3.05) is 38.0 Å². The average molecular weight is 576 g/mol. The van der Waals surface area contributed by atoms with E-state index < -0.39 is 73.6 Å². The van der Waals surface area contributed by atoms with Crippen molar-refractivity contribution in [3.63, 3.8) is 0 Å². The molecule has 6 amide bonds. The smallest absolute Gasteiger partial charge is 0.302 e. The van der Waals surface area contributed by atoms with Crippen LogP contribution in [0.2, 0.25) is 0 Å². The Labute approximate surface area is 234 Å². The second-order valence-electron chi connectivity index (χ2n) is 8.72. The van der Waals surface area contributed by atoms with E-state index in [1.165, 1.54) is 25.1 Å². The van der Waals surface area contributed by atoms with Gasteiger partial charge in [0.15, 0.2) is 5.96 Å². The van der Waals surface area contributed by atoms with E-state index in [1.54, 1.807) is 0 Å². The van der Waals surface area contributed by atoms with Crippen LogP contribution in [0.1, 0.15) is 35.7 Å². The van der Waals surface area contributed by atoms with Gasteiger partial charge in [0.1, 0.15) is 12.6 Å². The summed E-state index contributed by atoms with van der Waals surface area (Å²) in [6.45, 7) is -0.807. The van der Waals surface area contributed by atoms with E-state index in [2.05, 4.69) is 36.9 Å². The van der Waals surface area contributed by atoms with Gasteiger partial charge in [0.2, 0.25) is 29.5 Å². The number of esters is 1. The Morgan fingerprint density at radius 3 is 2.07 bits per heavy atom. The van der Waals surface area contributed by atoms with Crippen molar-refractivity contribution >= 4 is 53.1 Å². The molecule has 1 heterocycles. The number of nitrogens with zero attached hydrogens (tertiary/aromatic N) is 1. The molecule has 1 aromatic carbocycles. The van der Waals surface area contributed by atoms with E-state index in [4.69, 9.17) is 16.2 Å². The molecule has 41 heavy (non-hydrogen) atoms. The van der Waals surface area contributed by atoms with Crippen LogP contribution in [0.15, 0.2) is 23.2 Å². The number of aliphatic imine (C=N–C) groups is 1. The zero-order valence-corrected chi connectivity index (χ0v) is 22.3. The van der Waals surface area contributed by atoms with Crippen molar-refractivity contribution < 1.29 is 38.3 Å². The zero-order chi connectivity index (χ0) is 30.4. The van der Waals surface area contributed by atoms with Crippen LogP contribution in [0.4, 0.5) is 5.69 Å². The van der Waals surface area contributed by atoms with E-state index in [1.807, 2.05) is 0 Å². The number of carbonyl (C=O) groups excluding carboxylic acids is 7. The third kappa shape index (κ3) is 12.0. The van der Waals surface area contributed by atoms with Gasteiger partial charge in [-0.05, 0) is 25.0 Å². The molecule has 2 rings (SSSR count). The average Bonchev–Trinajstić information content (AvgIpc) is 2.92. The van der Waals surface area contributed by atoms with E-state index in [-0.39, 0.29) is 42.3 Å². The SMILES string of the molecule is CC(=O)OCc1ccc2cc1C(=O)NCC(=O)NCC(=O)NCC(=O)NCC(=O)N[C@@H](CCCN=C(N)N)C(=O)N2. The van der Waals surface area contributed by atoms with Crippen molar-refractivity contribution in [1.82, 2.24) is 26.6 Å². The standard InChI is InChI=1S/C24H33N9O8/c1-13(34)41-12-14-4-5-15-7-16(14)22(39)31-10-20(37)29-8-18(35)28-9-19(36)30-11-21(38)33-17(23(40)32-15)3-2-6-27-24(25)26/h4-5,7,17H,2-3,6,8-12H2,1H3,(H,28,35)(H,29,37)(H,30,36)(H,31,39)(H,32,40)(H,33,38)(H4,25,26,27)/t17-/m0/s1. The molecule has 2 bridgehead atoms. The number of guanidine groups is 1. The Kier molecular flexibility index (Phi) is 12.5. The van der Waals surface area contributed by atoms with Crippen LogP contribution in [0.25, 0.3) is 0 Å². The van der Waals surface area contributed by atoms with Crippen molar-refractivity contribution in [3.05, 3.63) is 29.3 Å². The van der Waals surface area contributed by atoms with Crippen LogP contribution in [0, 0.1) is 0 Å². The molecule has 1 aliphatic rings. The molecule has 17 nitrogen and oxygen atoms in total. The Morgan fingerprint density at radius 1 is 0.902 bits per heavy atom. The lowest BCUT2D eigenvalue weighted by Crippen LogP contribution is -2.49. The van der Waals surface area contributed by atoms with Gasteiger partial charge in [-0.25, -0.2) is 0 Å². The van der Waals surface area contributed by atoms with Crippen molar-refractivity contribution in [1.29, 1.82) is 0 Å². The minimum atomic E-state index is -1.08. The molecule has 1 aromatic rings. The lowest BCUT2D eigenvalue weighted by molar-refractivity contribution is -0.142.